The number of hydrogen-bond acceptors (Lipinski definition) is 5. The zero-order valence-electron chi connectivity index (χ0n) is 12.7. The third-order valence-electron chi connectivity index (χ3n) is 2.64. The van der Waals surface area contributed by atoms with E-state index in [0.29, 0.717) is 5.02 Å². The summed E-state index contributed by atoms with van der Waals surface area (Å²) in [6.45, 7) is 3.04. The van der Waals surface area contributed by atoms with Crippen LogP contribution in [-0.4, -0.2) is 31.2 Å². The first-order valence-electron chi connectivity index (χ1n) is 6.69. The van der Waals surface area contributed by atoms with E-state index in [4.69, 9.17) is 55.5 Å². The van der Waals surface area contributed by atoms with Crippen molar-refractivity contribution in [1.82, 2.24) is 4.72 Å². The Morgan fingerprint density at radius 3 is 1.96 bits per heavy atom. The predicted octanol–water partition coefficient (Wildman–Crippen LogP) is 4.58. The molecule has 1 N–H and O–H groups in total. The van der Waals surface area contributed by atoms with Gasteiger partial charge in [-0.15, -0.1) is 0 Å². The lowest BCUT2D eigenvalue weighted by Gasteiger charge is -2.31. The number of alkyl halides is 3. The lowest BCUT2D eigenvalue weighted by atomic mass is 10.4. The summed E-state index contributed by atoms with van der Waals surface area (Å²) in [6, 6.07) is 5.27. The largest absolute Gasteiger partial charge is 0.352 e. The predicted molar refractivity (Wildman–Crippen MR) is 96.7 cm³/mol. The number of halogens is 4. The molecular weight excluding hydrogens is 443 g/mol. The fourth-order valence-corrected chi connectivity index (χ4v) is 6.73. The summed E-state index contributed by atoms with van der Waals surface area (Å²) in [5, 5.41) is 0.348. The Morgan fingerprint density at radius 1 is 1.12 bits per heavy atom. The molecule has 6 nitrogen and oxygen atoms in total. The van der Waals surface area contributed by atoms with Gasteiger partial charge in [0, 0.05) is 5.02 Å². The van der Waals surface area contributed by atoms with Gasteiger partial charge >= 0.3 is 7.60 Å². The van der Waals surface area contributed by atoms with Gasteiger partial charge in [0.2, 0.25) is 13.8 Å². The van der Waals surface area contributed by atoms with Crippen molar-refractivity contribution >= 4 is 64.0 Å². The highest BCUT2D eigenvalue weighted by Gasteiger charge is 2.50. The Balaban J connectivity index is 3.27. The van der Waals surface area contributed by atoms with Crippen LogP contribution < -0.4 is 4.72 Å². The lowest BCUT2D eigenvalue weighted by Crippen LogP contribution is -2.44. The Bertz CT molecular complexity index is 682. The van der Waals surface area contributed by atoms with Crippen molar-refractivity contribution in [2.45, 2.75) is 28.3 Å². The standard InChI is InChI=1S/C12H16Cl4NO5PS/c1-3-21-23(18,22-4-2)11(12(14,15)16)17-24(19,20)10-7-5-9(13)6-8-10/h5-8,11,17H,3-4H2,1-2H3. The highest BCUT2D eigenvalue weighted by molar-refractivity contribution is 7.89. The number of hydrogen-bond donors (Lipinski definition) is 1. The van der Waals surface area contributed by atoms with Crippen LogP contribution in [0.1, 0.15) is 13.8 Å². The summed E-state index contributed by atoms with van der Waals surface area (Å²) in [4.78, 5) is -0.148. The van der Waals surface area contributed by atoms with Gasteiger partial charge in [-0.2, -0.15) is 4.72 Å². The molecule has 0 radical (unpaired) electrons. The highest BCUT2D eigenvalue weighted by atomic mass is 35.6. The maximum absolute atomic E-state index is 12.9. The molecule has 0 aliphatic rings. The van der Waals surface area contributed by atoms with Crippen LogP contribution in [0.4, 0.5) is 0 Å². The molecule has 1 unspecified atom stereocenters. The second-order valence-electron chi connectivity index (χ2n) is 4.39. The van der Waals surface area contributed by atoms with E-state index in [9.17, 15) is 13.0 Å². The third kappa shape index (κ3) is 6.01. The van der Waals surface area contributed by atoms with Crippen LogP contribution in [0, 0.1) is 0 Å². The quantitative estimate of drug-likeness (QED) is 0.455. The van der Waals surface area contributed by atoms with Crippen LogP contribution in [0.15, 0.2) is 29.2 Å². The van der Waals surface area contributed by atoms with Crippen molar-refractivity contribution in [2.24, 2.45) is 0 Å². The zero-order chi connectivity index (χ0) is 18.6. The Hall–Kier alpha value is 0.440. The molecule has 12 heteroatoms. The summed E-state index contributed by atoms with van der Waals surface area (Å²) >= 11 is 23.2. The molecule has 0 aliphatic heterocycles. The van der Waals surface area contributed by atoms with Crippen molar-refractivity contribution < 1.29 is 22.0 Å². The second kappa shape index (κ2) is 8.89. The summed E-state index contributed by atoms with van der Waals surface area (Å²) in [6.07, 6.45) is 0. The van der Waals surface area contributed by atoms with Crippen molar-refractivity contribution in [3.63, 3.8) is 0 Å². The number of nitrogens with one attached hydrogen (secondary N) is 1. The van der Waals surface area contributed by atoms with Gasteiger partial charge in [-0.3, -0.25) is 4.57 Å². The third-order valence-corrected chi connectivity index (χ3v) is 8.00. The molecule has 0 saturated carbocycles. The Kier molecular flexibility index (Phi) is 8.33. The van der Waals surface area contributed by atoms with Crippen LogP contribution >= 0.6 is 54.0 Å². The summed E-state index contributed by atoms with van der Waals surface area (Å²) in [5.74, 6) is -1.74. The van der Waals surface area contributed by atoms with Gasteiger partial charge < -0.3 is 9.05 Å². The van der Waals surface area contributed by atoms with Gasteiger partial charge in [-0.25, -0.2) is 8.42 Å². The minimum absolute atomic E-state index is 0.0306. The van der Waals surface area contributed by atoms with Gasteiger partial charge in [-0.1, -0.05) is 46.4 Å². The Labute approximate surface area is 161 Å². The van der Waals surface area contributed by atoms with E-state index in [-0.39, 0.29) is 18.1 Å². The minimum Gasteiger partial charge on any atom is -0.308 e. The SMILES string of the molecule is CCOP(=O)(OCC)C(NS(=O)(=O)c1ccc(Cl)cc1)C(Cl)(Cl)Cl. The molecule has 0 aliphatic carbocycles. The first kappa shape index (κ1) is 22.5. The van der Waals surface area contributed by atoms with E-state index in [1.54, 1.807) is 13.8 Å². The van der Waals surface area contributed by atoms with Crippen molar-refractivity contribution in [1.29, 1.82) is 0 Å². The van der Waals surface area contributed by atoms with Crippen LogP contribution in [0.5, 0.6) is 0 Å². The first-order chi connectivity index (χ1) is 11.0. The van der Waals surface area contributed by atoms with Gasteiger partial charge in [-0.05, 0) is 38.1 Å². The fourth-order valence-electron chi connectivity index (χ4n) is 1.69. The first-order valence-corrected chi connectivity index (χ1v) is 11.3. The van der Waals surface area contributed by atoms with Crippen molar-refractivity contribution in [2.75, 3.05) is 13.2 Å². The zero-order valence-corrected chi connectivity index (χ0v) is 17.4. The van der Waals surface area contributed by atoms with Gasteiger partial charge in [0.1, 0.15) is 0 Å². The smallest absolute Gasteiger partial charge is 0.308 e. The molecular formula is C12H16Cl4NO5PS. The van der Waals surface area contributed by atoms with Crippen molar-refractivity contribution in [3.05, 3.63) is 29.3 Å². The molecule has 0 saturated heterocycles. The van der Waals surface area contributed by atoms with E-state index >= 15 is 0 Å². The van der Waals surface area contributed by atoms with Crippen LogP contribution in [0.3, 0.4) is 0 Å². The molecule has 1 atom stereocenters. The molecule has 0 fully saturated rings. The van der Waals surface area contributed by atoms with E-state index in [1.807, 2.05) is 0 Å². The normalized spacial score (nSPS) is 14.6. The highest BCUT2D eigenvalue weighted by Crippen LogP contribution is 2.59. The average molecular weight is 459 g/mol. The number of rotatable bonds is 8. The fraction of sp³-hybridized carbons (Fsp3) is 0.500. The maximum atomic E-state index is 12.9. The summed E-state index contributed by atoms with van der Waals surface area (Å²) < 4.78 is 47.9. The molecule has 24 heavy (non-hydrogen) atoms. The molecule has 1 rings (SSSR count). The molecule has 1 aromatic rings. The Morgan fingerprint density at radius 2 is 1.58 bits per heavy atom. The van der Waals surface area contributed by atoms with Gasteiger partial charge in [0.05, 0.1) is 18.1 Å². The van der Waals surface area contributed by atoms with E-state index in [2.05, 4.69) is 4.72 Å². The average Bonchev–Trinajstić information content (AvgIpc) is 2.44. The molecule has 0 spiro atoms. The van der Waals surface area contributed by atoms with Gasteiger partial charge in [0.25, 0.3) is 0 Å². The van der Waals surface area contributed by atoms with Crippen LogP contribution in [-0.2, 0) is 23.6 Å². The van der Waals surface area contributed by atoms with E-state index < -0.39 is 27.2 Å². The minimum atomic E-state index is -4.17. The number of benzene rings is 1. The lowest BCUT2D eigenvalue weighted by molar-refractivity contribution is 0.210. The summed E-state index contributed by atoms with van der Waals surface area (Å²) in [5.41, 5.74) is 0. The van der Waals surface area contributed by atoms with Crippen LogP contribution in [0.2, 0.25) is 5.02 Å². The molecule has 0 bridgehead atoms. The van der Waals surface area contributed by atoms with Crippen molar-refractivity contribution in [3.8, 4) is 0 Å². The van der Waals surface area contributed by atoms with E-state index in [0.717, 1.165) is 0 Å². The van der Waals surface area contributed by atoms with E-state index in [1.165, 1.54) is 24.3 Å². The topological polar surface area (TPSA) is 81.7 Å². The molecule has 0 amide bonds. The molecule has 138 valence electrons. The number of sulfonamides is 1. The van der Waals surface area contributed by atoms with Gasteiger partial charge in [0.15, 0.2) is 5.78 Å². The molecule has 0 heterocycles. The molecule has 1 aromatic carbocycles. The molecule has 0 aromatic heterocycles. The monoisotopic (exact) mass is 457 g/mol. The maximum Gasteiger partial charge on any atom is 0.352 e. The summed E-state index contributed by atoms with van der Waals surface area (Å²) in [7, 11) is -8.26. The second-order valence-corrected chi connectivity index (χ2v) is 11.0. The van der Waals surface area contributed by atoms with Crippen LogP contribution in [0.25, 0.3) is 0 Å².